The molecule has 1 aromatic heterocycles. The lowest BCUT2D eigenvalue weighted by atomic mass is 10.1. The molecule has 2 heterocycles. The number of amides is 2. The number of aromatic nitrogens is 1. The molecule has 8 heteroatoms. The molecule has 2 amide bonds. The summed E-state index contributed by atoms with van der Waals surface area (Å²) in [7, 11) is 1.60. The number of rotatable bonds is 5. The van der Waals surface area contributed by atoms with Crippen LogP contribution in [0.25, 0.3) is 16.9 Å². The lowest BCUT2D eigenvalue weighted by Crippen LogP contribution is -2.50. The third-order valence-electron chi connectivity index (χ3n) is 6.92. The van der Waals surface area contributed by atoms with E-state index in [0.29, 0.717) is 65.2 Å². The minimum atomic E-state index is -0.383. The molecule has 0 unspecified atom stereocenters. The van der Waals surface area contributed by atoms with Gasteiger partial charge in [0.15, 0.2) is 0 Å². The van der Waals surface area contributed by atoms with Gasteiger partial charge in [0.05, 0.1) is 34.6 Å². The number of piperazine rings is 1. The van der Waals surface area contributed by atoms with E-state index in [-0.39, 0.29) is 17.6 Å². The van der Waals surface area contributed by atoms with Crippen LogP contribution in [-0.4, -0.2) is 59.5 Å². The van der Waals surface area contributed by atoms with Gasteiger partial charge in [0.1, 0.15) is 11.6 Å². The van der Waals surface area contributed by atoms with Gasteiger partial charge in [-0.1, -0.05) is 35.9 Å². The average molecular weight is 532 g/mol. The van der Waals surface area contributed by atoms with Crippen LogP contribution in [0, 0.1) is 12.7 Å². The predicted molar refractivity (Wildman–Crippen MR) is 146 cm³/mol. The maximum absolute atomic E-state index is 14.9. The number of para-hydroxylation sites is 1. The minimum Gasteiger partial charge on any atom is -0.497 e. The molecule has 0 spiro atoms. The van der Waals surface area contributed by atoms with Crippen molar-refractivity contribution in [2.75, 3.05) is 33.3 Å². The second-order valence-corrected chi connectivity index (χ2v) is 9.52. The highest BCUT2D eigenvalue weighted by Gasteiger charge is 2.29. The first-order chi connectivity index (χ1) is 18.4. The number of carbonyl (C=O) groups excluding carboxylic acids is 2. The summed E-state index contributed by atoms with van der Waals surface area (Å²) in [5.41, 5.74) is 3.48. The number of methoxy groups -OCH3 is 1. The van der Waals surface area contributed by atoms with Gasteiger partial charge < -0.3 is 19.1 Å². The highest BCUT2D eigenvalue weighted by atomic mass is 35.5. The van der Waals surface area contributed by atoms with Crippen LogP contribution < -0.4 is 4.74 Å². The van der Waals surface area contributed by atoms with Gasteiger partial charge in [0.25, 0.3) is 11.8 Å². The van der Waals surface area contributed by atoms with E-state index >= 15 is 0 Å². The van der Waals surface area contributed by atoms with Gasteiger partial charge in [-0.3, -0.25) is 9.59 Å². The zero-order valence-corrected chi connectivity index (χ0v) is 21.9. The van der Waals surface area contributed by atoms with Crippen molar-refractivity contribution in [2.45, 2.75) is 6.92 Å². The van der Waals surface area contributed by atoms with E-state index in [2.05, 4.69) is 0 Å². The highest BCUT2D eigenvalue weighted by Crippen LogP contribution is 2.32. The molecular weight excluding hydrogens is 505 g/mol. The first kappa shape index (κ1) is 25.5. The van der Waals surface area contributed by atoms with E-state index < -0.39 is 0 Å². The fraction of sp³-hybridized carbons (Fsp3) is 0.200. The zero-order chi connectivity index (χ0) is 26.8. The number of halogens is 2. The van der Waals surface area contributed by atoms with Crippen molar-refractivity contribution >= 4 is 23.4 Å². The monoisotopic (exact) mass is 531 g/mol. The summed E-state index contributed by atoms with van der Waals surface area (Å²) < 4.78 is 22.0. The van der Waals surface area contributed by atoms with Crippen molar-refractivity contribution in [2.24, 2.45) is 0 Å². The Hall–Kier alpha value is -4.10. The molecule has 0 N–H and O–H groups in total. The molecular formula is C30H27ClFN3O3. The quantitative estimate of drug-likeness (QED) is 0.324. The maximum Gasteiger partial charge on any atom is 0.255 e. The van der Waals surface area contributed by atoms with Crippen molar-refractivity contribution in [3.8, 4) is 22.7 Å². The van der Waals surface area contributed by atoms with Gasteiger partial charge in [-0.25, -0.2) is 4.39 Å². The molecule has 194 valence electrons. The standard InChI is InChI=1S/C30H27ClFN3O3/c1-20-24(30(37)34-17-15-33(16-18-34)29(36)23-7-3-4-8-25(23)31)19-28(21-11-13-22(38-2)14-12-21)35(20)27-10-6-5-9-26(27)32/h3-14,19H,15-18H2,1-2H3. The normalized spacial score (nSPS) is 13.5. The lowest BCUT2D eigenvalue weighted by molar-refractivity contribution is 0.0535. The first-order valence-electron chi connectivity index (χ1n) is 12.3. The number of ether oxygens (including phenoxy) is 1. The Morgan fingerprint density at radius 2 is 1.39 bits per heavy atom. The van der Waals surface area contributed by atoms with Crippen LogP contribution >= 0.6 is 11.6 Å². The van der Waals surface area contributed by atoms with Gasteiger partial charge in [0.2, 0.25) is 0 Å². The molecule has 1 saturated heterocycles. The predicted octanol–water partition coefficient (Wildman–Crippen LogP) is 5.85. The van der Waals surface area contributed by atoms with Gasteiger partial charge >= 0.3 is 0 Å². The summed E-state index contributed by atoms with van der Waals surface area (Å²) in [6, 6.07) is 22.7. The Labute approximate surface area is 225 Å². The first-order valence-corrected chi connectivity index (χ1v) is 12.7. The van der Waals surface area contributed by atoms with Gasteiger partial charge in [-0.15, -0.1) is 0 Å². The third-order valence-corrected chi connectivity index (χ3v) is 7.24. The van der Waals surface area contributed by atoms with Crippen molar-refractivity contribution in [1.29, 1.82) is 0 Å². The number of carbonyl (C=O) groups is 2. The molecule has 1 fully saturated rings. The summed E-state index contributed by atoms with van der Waals surface area (Å²) in [4.78, 5) is 30.1. The van der Waals surface area contributed by atoms with Crippen LogP contribution in [0.2, 0.25) is 5.02 Å². The molecule has 1 aliphatic heterocycles. The maximum atomic E-state index is 14.9. The minimum absolute atomic E-state index is 0.147. The molecule has 0 aliphatic carbocycles. The number of hydrogen-bond acceptors (Lipinski definition) is 3. The van der Waals surface area contributed by atoms with Crippen molar-refractivity contribution < 1.29 is 18.7 Å². The second-order valence-electron chi connectivity index (χ2n) is 9.11. The lowest BCUT2D eigenvalue weighted by Gasteiger charge is -2.35. The summed E-state index contributed by atoms with van der Waals surface area (Å²) in [5, 5.41) is 0.409. The summed E-state index contributed by atoms with van der Waals surface area (Å²) in [6.45, 7) is 3.39. The third kappa shape index (κ3) is 4.77. The van der Waals surface area contributed by atoms with Gasteiger partial charge in [-0.2, -0.15) is 0 Å². The number of benzene rings is 3. The van der Waals surface area contributed by atoms with Crippen LogP contribution in [0.3, 0.4) is 0 Å². The Balaban J connectivity index is 1.44. The summed E-state index contributed by atoms with van der Waals surface area (Å²) in [6.07, 6.45) is 0. The fourth-order valence-electron chi connectivity index (χ4n) is 4.83. The molecule has 1 aliphatic rings. The molecule has 0 radical (unpaired) electrons. The Kier molecular flexibility index (Phi) is 7.20. The highest BCUT2D eigenvalue weighted by molar-refractivity contribution is 6.33. The number of nitrogens with zero attached hydrogens (tertiary/aromatic N) is 3. The molecule has 38 heavy (non-hydrogen) atoms. The van der Waals surface area contributed by atoms with Crippen LogP contribution in [0.1, 0.15) is 26.4 Å². The van der Waals surface area contributed by atoms with Crippen LogP contribution in [-0.2, 0) is 0 Å². The van der Waals surface area contributed by atoms with Crippen molar-refractivity contribution in [1.82, 2.24) is 14.4 Å². The second kappa shape index (κ2) is 10.7. The molecule has 0 saturated carbocycles. The average Bonchev–Trinajstić information content (AvgIpc) is 3.29. The molecule has 3 aromatic carbocycles. The Morgan fingerprint density at radius 3 is 2.00 bits per heavy atom. The topological polar surface area (TPSA) is 54.8 Å². The van der Waals surface area contributed by atoms with Crippen LogP contribution in [0.4, 0.5) is 4.39 Å². The molecule has 4 aromatic rings. The largest absolute Gasteiger partial charge is 0.497 e. The molecule has 0 atom stereocenters. The summed E-state index contributed by atoms with van der Waals surface area (Å²) in [5.74, 6) is 0.0187. The smallest absolute Gasteiger partial charge is 0.255 e. The Bertz CT molecular complexity index is 1490. The van der Waals surface area contributed by atoms with Gasteiger partial charge in [0, 0.05) is 31.9 Å². The fourth-order valence-corrected chi connectivity index (χ4v) is 5.05. The van der Waals surface area contributed by atoms with E-state index in [9.17, 15) is 14.0 Å². The molecule has 6 nitrogen and oxygen atoms in total. The van der Waals surface area contributed by atoms with E-state index in [4.69, 9.17) is 16.3 Å². The van der Waals surface area contributed by atoms with Gasteiger partial charge in [-0.05, 0) is 67.1 Å². The van der Waals surface area contributed by atoms with Crippen LogP contribution in [0.5, 0.6) is 5.75 Å². The zero-order valence-electron chi connectivity index (χ0n) is 21.2. The van der Waals surface area contributed by atoms with Crippen molar-refractivity contribution in [3.05, 3.63) is 107 Å². The molecule has 0 bridgehead atoms. The van der Waals surface area contributed by atoms with Crippen molar-refractivity contribution in [3.63, 3.8) is 0 Å². The van der Waals surface area contributed by atoms with E-state index in [1.54, 1.807) is 63.9 Å². The van der Waals surface area contributed by atoms with E-state index in [1.165, 1.54) is 6.07 Å². The molecule has 5 rings (SSSR count). The van der Waals surface area contributed by atoms with Crippen LogP contribution in [0.15, 0.2) is 78.9 Å². The Morgan fingerprint density at radius 1 is 0.816 bits per heavy atom. The SMILES string of the molecule is COc1ccc(-c2cc(C(=O)N3CCN(C(=O)c4ccccc4Cl)CC3)c(C)n2-c2ccccc2F)cc1. The summed E-state index contributed by atoms with van der Waals surface area (Å²) >= 11 is 6.21. The number of hydrogen-bond donors (Lipinski definition) is 0. The van der Waals surface area contributed by atoms with E-state index in [0.717, 1.165) is 5.56 Å². The van der Waals surface area contributed by atoms with E-state index in [1.807, 2.05) is 37.3 Å².